The molecule has 1 heterocycles. The lowest BCUT2D eigenvalue weighted by molar-refractivity contribution is -0.155. The molecule has 0 unspecified atom stereocenters. The molecule has 0 saturated heterocycles. The van der Waals surface area contributed by atoms with Crippen LogP contribution in [0.1, 0.15) is 64.3 Å². The summed E-state index contributed by atoms with van der Waals surface area (Å²) in [6.45, 7) is 2.03. The highest BCUT2D eigenvalue weighted by Gasteiger charge is 2.30. The predicted octanol–water partition coefficient (Wildman–Crippen LogP) is 5.76. The maximum absolute atomic E-state index is 13.7. The van der Waals surface area contributed by atoms with Gasteiger partial charge in [-0.1, -0.05) is 42.5 Å². The number of aromatic nitrogens is 1. The number of likely N-dealkylation sites (N-methyl/N-ethyl adjacent to an activating group) is 1. The molecule has 7 nitrogen and oxygen atoms in total. The molecule has 0 bridgehead atoms. The molecule has 1 fully saturated rings. The van der Waals surface area contributed by atoms with Crippen LogP contribution in [0.5, 0.6) is 0 Å². The van der Waals surface area contributed by atoms with Gasteiger partial charge in [0.05, 0.1) is 11.3 Å². The maximum Gasteiger partial charge on any atom is 0.328 e. The van der Waals surface area contributed by atoms with Crippen LogP contribution in [0.2, 0.25) is 0 Å². The normalized spacial score (nSPS) is 14.2. The number of rotatable bonds is 9. The van der Waals surface area contributed by atoms with Crippen LogP contribution < -0.4 is 11.3 Å². The zero-order chi connectivity index (χ0) is 29.8. The second-order valence-corrected chi connectivity index (χ2v) is 10.8. The Morgan fingerprint density at radius 3 is 2.36 bits per heavy atom. The summed E-state index contributed by atoms with van der Waals surface area (Å²) >= 11 is 0. The monoisotopic (exact) mass is 567 g/mol. The molecule has 42 heavy (non-hydrogen) atoms. The highest BCUT2D eigenvalue weighted by molar-refractivity contribution is 6.11. The van der Waals surface area contributed by atoms with E-state index < -0.39 is 17.6 Å². The number of ether oxygens (including phenoxy) is 1. The van der Waals surface area contributed by atoms with Crippen LogP contribution in [0.25, 0.3) is 5.69 Å². The number of halogens is 1. The lowest BCUT2D eigenvalue weighted by Gasteiger charge is -2.28. The van der Waals surface area contributed by atoms with Crippen LogP contribution in [0.15, 0.2) is 89.7 Å². The molecule has 0 aliphatic heterocycles. The van der Waals surface area contributed by atoms with E-state index in [2.05, 4.69) is 0 Å². The van der Waals surface area contributed by atoms with E-state index in [0.29, 0.717) is 17.8 Å². The Bertz CT molecular complexity index is 1640. The van der Waals surface area contributed by atoms with Crippen molar-refractivity contribution in [1.29, 1.82) is 0 Å². The smallest absolute Gasteiger partial charge is 0.328 e. The first kappa shape index (κ1) is 29.0. The van der Waals surface area contributed by atoms with Crippen molar-refractivity contribution in [3.05, 3.63) is 129 Å². The average molecular weight is 568 g/mol. The van der Waals surface area contributed by atoms with Crippen LogP contribution in [0, 0.1) is 12.7 Å². The fourth-order valence-electron chi connectivity index (χ4n) is 5.52. The van der Waals surface area contributed by atoms with Crippen LogP contribution in [0.4, 0.5) is 10.2 Å². The van der Waals surface area contributed by atoms with Gasteiger partial charge in [0.1, 0.15) is 23.8 Å². The Morgan fingerprint density at radius 2 is 1.69 bits per heavy atom. The highest BCUT2D eigenvalue weighted by Crippen LogP contribution is 2.28. The number of hydrogen-bond donors (Lipinski definition) is 1. The van der Waals surface area contributed by atoms with Gasteiger partial charge in [0.2, 0.25) is 0 Å². The van der Waals surface area contributed by atoms with E-state index >= 15 is 0 Å². The second kappa shape index (κ2) is 12.5. The van der Waals surface area contributed by atoms with Gasteiger partial charge in [0, 0.05) is 18.2 Å². The van der Waals surface area contributed by atoms with E-state index in [1.807, 2.05) is 54.4 Å². The quantitative estimate of drug-likeness (QED) is 0.204. The maximum atomic E-state index is 13.7. The van der Waals surface area contributed by atoms with Gasteiger partial charge in [0.25, 0.3) is 5.56 Å². The largest absolute Gasteiger partial charge is 0.461 e. The van der Waals surface area contributed by atoms with Crippen molar-refractivity contribution < 1.29 is 18.7 Å². The van der Waals surface area contributed by atoms with Gasteiger partial charge in [-0.2, -0.15) is 0 Å². The minimum Gasteiger partial charge on any atom is -0.461 e. The molecule has 1 aromatic heterocycles. The van der Waals surface area contributed by atoms with Crippen LogP contribution in [-0.2, 0) is 16.1 Å². The van der Waals surface area contributed by atoms with Gasteiger partial charge in [-0.3, -0.25) is 19.1 Å². The molecule has 1 saturated carbocycles. The van der Waals surface area contributed by atoms with Crippen LogP contribution >= 0.6 is 0 Å². The van der Waals surface area contributed by atoms with Crippen molar-refractivity contribution >= 4 is 17.6 Å². The average Bonchev–Trinajstić information content (AvgIpc) is 3.49. The summed E-state index contributed by atoms with van der Waals surface area (Å²) in [4.78, 5) is 41.3. The molecule has 1 aliphatic carbocycles. The number of pyridine rings is 1. The van der Waals surface area contributed by atoms with Crippen LogP contribution in [0.3, 0.4) is 0 Å². The minimum atomic E-state index is -0.567. The summed E-state index contributed by atoms with van der Waals surface area (Å²) in [7, 11) is 1.89. The Labute approximate surface area is 244 Å². The van der Waals surface area contributed by atoms with E-state index in [0.717, 1.165) is 36.8 Å². The molecule has 0 amide bonds. The number of hydrogen-bond acceptors (Lipinski definition) is 6. The van der Waals surface area contributed by atoms with Gasteiger partial charge < -0.3 is 10.5 Å². The number of carbonyl (C=O) groups excluding carboxylic acids is 2. The first-order chi connectivity index (χ1) is 20.2. The van der Waals surface area contributed by atoms with E-state index in [1.165, 1.54) is 34.9 Å². The number of esters is 1. The third kappa shape index (κ3) is 6.19. The Hall–Kier alpha value is -4.56. The molecule has 1 atom stereocenters. The first-order valence-electron chi connectivity index (χ1n) is 14.1. The Kier molecular flexibility index (Phi) is 8.64. The van der Waals surface area contributed by atoms with Crippen molar-refractivity contribution in [3.63, 3.8) is 0 Å². The van der Waals surface area contributed by atoms with E-state index in [-0.39, 0.29) is 34.6 Å². The molecule has 0 spiro atoms. The number of aryl methyl sites for hydroxylation is 1. The number of benzene rings is 3. The minimum absolute atomic E-state index is 0.00172. The van der Waals surface area contributed by atoms with Crippen molar-refractivity contribution in [1.82, 2.24) is 9.47 Å². The molecule has 2 N–H and O–H groups in total. The summed E-state index contributed by atoms with van der Waals surface area (Å²) in [6, 6.07) is 23.0. The summed E-state index contributed by atoms with van der Waals surface area (Å²) < 4.78 is 20.9. The molecule has 3 aromatic carbocycles. The number of nitrogens with zero attached hydrogens (tertiary/aromatic N) is 2. The number of anilines is 1. The Balaban J connectivity index is 1.37. The SMILES string of the molecule is Cc1cc(C(=O)c2ccc(=O)n(-c3ccc(CN(C)[C@H](C(=O)OC4CCCC4)c4ccccc4)cc3)c2N)ccc1F. The van der Waals surface area contributed by atoms with E-state index in [9.17, 15) is 18.8 Å². The molecule has 0 radical (unpaired) electrons. The predicted molar refractivity (Wildman–Crippen MR) is 160 cm³/mol. The highest BCUT2D eigenvalue weighted by atomic mass is 19.1. The van der Waals surface area contributed by atoms with Crippen LogP contribution in [-0.4, -0.2) is 34.4 Å². The zero-order valence-electron chi connectivity index (χ0n) is 23.8. The number of carbonyl (C=O) groups is 2. The van der Waals surface area contributed by atoms with Gasteiger partial charge in [-0.05, 0) is 92.7 Å². The van der Waals surface area contributed by atoms with E-state index in [4.69, 9.17) is 10.5 Å². The lowest BCUT2D eigenvalue weighted by atomic mass is 10.0. The molecule has 1 aliphatic rings. The van der Waals surface area contributed by atoms with Gasteiger partial charge >= 0.3 is 5.97 Å². The molecule has 8 heteroatoms. The van der Waals surface area contributed by atoms with Gasteiger partial charge in [0.15, 0.2) is 5.78 Å². The summed E-state index contributed by atoms with van der Waals surface area (Å²) in [5, 5.41) is 0. The van der Waals surface area contributed by atoms with Crippen molar-refractivity contribution in [2.24, 2.45) is 0 Å². The third-order valence-corrected chi connectivity index (χ3v) is 7.79. The number of ketones is 1. The van der Waals surface area contributed by atoms with E-state index in [1.54, 1.807) is 19.1 Å². The van der Waals surface area contributed by atoms with Gasteiger partial charge in [-0.15, -0.1) is 0 Å². The number of nitrogen functional groups attached to an aromatic ring is 1. The fraction of sp³-hybridized carbons (Fsp3) is 0.265. The number of nitrogens with two attached hydrogens (primary N) is 1. The summed E-state index contributed by atoms with van der Waals surface area (Å²) in [6.07, 6.45) is 3.92. The second-order valence-electron chi connectivity index (χ2n) is 10.8. The topological polar surface area (TPSA) is 94.6 Å². The lowest BCUT2D eigenvalue weighted by Crippen LogP contribution is -2.33. The molecular weight excluding hydrogens is 533 g/mol. The van der Waals surface area contributed by atoms with Crippen molar-refractivity contribution in [3.8, 4) is 5.69 Å². The molecule has 5 rings (SSSR count). The van der Waals surface area contributed by atoms with Crippen molar-refractivity contribution in [2.45, 2.75) is 51.3 Å². The molecular formula is C34H34FN3O4. The first-order valence-corrected chi connectivity index (χ1v) is 14.1. The standard InChI is InChI=1S/C34H34FN3O4/c1-22-20-25(14-18-29(22)35)32(40)28-17-19-30(39)38(33(28)36)26-15-12-23(13-16-26)21-37(2)31(24-8-4-3-5-9-24)34(41)42-27-10-6-7-11-27/h3-5,8-9,12-20,27,31H,6-7,10-11,21,36H2,1-2H3/t31-/m0/s1. The molecule has 4 aromatic rings. The zero-order valence-corrected chi connectivity index (χ0v) is 23.8. The Morgan fingerprint density at radius 1 is 1.00 bits per heavy atom. The third-order valence-electron chi connectivity index (χ3n) is 7.79. The molecule has 216 valence electrons. The van der Waals surface area contributed by atoms with Gasteiger partial charge in [-0.25, -0.2) is 9.18 Å². The van der Waals surface area contributed by atoms with Crippen molar-refractivity contribution in [2.75, 3.05) is 12.8 Å². The summed E-state index contributed by atoms with van der Waals surface area (Å²) in [5.41, 5.74) is 9.01. The summed E-state index contributed by atoms with van der Waals surface area (Å²) in [5.74, 6) is -1.07. The fourth-order valence-corrected chi connectivity index (χ4v) is 5.52.